The number of oxime groups is 1. The van der Waals surface area contributed by atoms with Crippen molar-refractivity contribution in [2.75, 3.05) is 46.8 Å². The van der Waals surface area contributed by atoms with Gasteiger partial charge in [-0.25, -0.2) is 0 Å². The summed E-state index contributed by atoms with van der Waals surface area (Å²) in [5.41, 5.74) is 2.10. The second kappa shape index (κ2) is 13.3. The van der Waals surface area contributed by atoms with Gasteiger partial charge in [0, 0.05) is 0 Å². The van der Waals surface area contributed by atoms with E-state index in [0.29, 0.717) is 39.6 Å². The Bertz CT molecular complexity index is 520. The summed E-state index contributed by atoms with van der Waals surface area (Å²) in [6.45, 7) is 9.01. The lowest BCUT2D eigenvalue weighted by atomic mass is 10.1. The van der Waals surface area contributed by atoms with Gasteiger partial charge in [0.1, 0.15) is 31.8 Å². The molecule has 0 bridgehead atoms. The SMILES string of the molecule is C/C=C/COc1cc(C)c(OCCOCCOC/C=N/OC)c(C)c1. The van der Waals surface area contributed by atoms with Crippen LogP contribution in [0.1, 0.15) is 18.1 Å². The van der Waals surface area contributed by atoms with Crippen LogP contribution in [0.2, 0.25) is 0 Å². The molecular weight excluding hydrogens is 322 g/mol. The minimum Gasteiger partial charge on any atom is -0.491 e. The number of hydrogen-bond acceptors (Lipinski definition) is 6. The minimum absolute atomic E-state index is 0.411. The Labute approximate surface area is 150 Å². The number of nitrogens with zero attached hydrogens (tertiary/aromatic N) is 1. The molecule has 1 rings (SSSR count). The summed E-state index contributed by atoms with van der Waals surface area (Å²) in [7, 11) is 1.49. The summed E-state index contributed by atoms with van der Waals surface area (Å²) in [6.07, 6.45) is 5.50. The molecule has 0 amide bonds. The molecule has 0 spiro atoms. The first kappa shape index (κ1) is 21.0. The van der Waals surface area contributed by atoms with E-state index in [2.05, 4.69) is 9.99 Å². The number of rotatable bonds is 13. The number of ether oxygens (including phenoxy) is 4. The fraction of sp³-hybridized carbons (Fsp3) is 0.526. The summed E-state index contributed by atoms with van der Waals surface area (Å²) in [6, 6.07) is 3.98. The summed E-state index contributed by atoms with van der Waals surface area (Å²) < 4.78 is 22.3. The Balaban J connectivity index is 2.25. The van der Waals surface area contributed by atoms with Gasteiger partial charge in [-0.1, -0.05) is 17.3 Å². The van der Waals surface area contributed by atoms with Crippen molar-refractivity contribution in [1.29, 1.82) is 0 Å². The van der Waals surface area contributed by atoms with Gasteiger partial charge >= 0.3 is 0 Å². The molecule has 0 heterocycles. The lowest BCUT2D eigenvalue weighted by molar-refractivity contribution is 0.0474. The van der Waals surface area contributed by atoms with E-state index in [1.807, 2.05) is 45.1 Å². The monoisotopic (exact) mass is 351 g/mol. The van der Waals surface area contributed by atoms with Gasteiger partial charge in [0.05, 0.1) is 32.6 Å². The normalized spacial score (nSPS) is 11.4. The molecule has 1 aromatic rings. The second-order valence-corrected chi connectivity index (χ2v) is 5.27. The van der Waals surface area contributed by atoms with Crippen LogP contribution in [-0.4, -0.2) is 53.0 Å². The molecule has 6 heteroatoms. The molecule has 0 saturated heterocycles. The van der Waals surface area contributed by atoms with E-state index < -0.39 is 0 Å². The Kier molecular flexibility index (Phi) is 11.1. The molecule has 0 aliphatic heterocycles. The van der Waals surface area contributed by atoms with Gasteiger partial charge in [0.25, 0.3) is 0 Å². The maximum atomic E-state index is 5.83. The molecule has 25 heavy (non-hydrogen) atoms. The fourth-order valence-corrected chi connectivity index (χ4v) is 2.13. The van der Waals surface area contributed by atoms with Gasteiger partial charge in [-0.2, -0.15) is 0 Å². The molecular formula is C19H29NO5. The second-order valence-electron chi connectivity index (χ2n) is 5.27. The Morgan fingerprint density at radius 3 is 2.28 bits per heavy atom. The van der Waals surface area contributed by atoms with E-state index in [1.54, 1.807) is 6.21 Å². The van der Waals surface area contributed by atoms with E-state index in [4.69, 9.17) is 18.9 Å². The van der Waals surface area contributed by atoms with E-state index >= 15 is 0 Å². The van der Waals surface area contributed by atoms with Crippen molar-refractivity contribution in [2.24, 2.45) is 5.16 Å². The van der Waals surface area contributed by atoms with Crippen LogP contribution < -0.4 is 9.47 Å². The maximum Gasteiger partial charge on any atom is 0.125 e. The highest BCUT2D eigenvalue weighted by Gasteiger charge is 2.07. The van der Waals surface area contributed by atoms with Crippen molar-refractivity contribution in [3.63, 3.8) is 0 Å². The first-order valence-electron chi connectivity index (χ1n) is 8.37. The fourth-order valence-electron chi connectivity index (χ4n) is 2.13. The lowest BCUT2D eigenvalue weighted by Crippen LogP contribution is -2.12. The molecule has 0 saturated carbocycles. The van der Waals surface area contributed by atoms with Gasteiger partial charge in [-0.05, 0) is 44.0 Å². The standard InChI is InChI=1S/C19H29NO5/c1-5-6-8-24-18-14-16(2)19(17(3)15-18)25-13-12-23-11-10-22-9-7-20-21-4/h5-7,14-15H,8-13H2,1-4H3/b6-5+,20-7+. The third kappa shape index (κ3) is 9.12. The average molecular weight is 351 g/mol. The van der Waals surface area contributed by atoms with Crippen LogP contribution in [0.25, 0.3) is 0 Å². The van der Waals surface area contributed by atoms with Crippen LogP contribution in [0.3, 0.4) is 0 Å². The van der Waals surface area contributed by atoms with Gasteiger partial charge in [-0.15, -0.1) is 0 Å². The highest BCUT2D eigenvalue weighted by molar-refractivity contribution is 5.57. The molecule has 0 unspecified atom stereocenters. The average Bonchev–Trinajstić information content (AvgIpc) is 2.59. The first-order valence-corrected chi connectivity index (χ1v) is 8.37. The topological polar surface area (TPSA) is 58.5 Å². The molecule has 140 valence electrons. The molecule has 0 atom stereocenters. The van der Waals surface area contributed by atoms with Gasteiger partial charge in [-0.3, -0.25) is 0 Å². The Hall–Kier alpha value is -2.05. The van der Waals surface area contributed by atoms with Crippen molar-refractivity contribution in [2.45, 2.75) is 20.8 Å². The lowest BCUT2D eigenvalue weighted by Gasteiger charge is -2.14. The highest BCUT2D eigenvalue weighted by Crippen LogP contribution is 2.28. The molecule has 1 aromatic carbocycles. The number of aryl methyl sites for hydroxylation is 2. The molecule has 0 aliphatic carbocycles. The van der Waals surface area contributed by atoms with Crippen molar-refractivity contribution in [1.82, 2.24) is 0 Å². The Morgan fingerprint density at radius 1 is 0.920 bits per heavy atom. The minimum atomic E-state index is 0.411. The van der Waals surface area contributed by atoms with E-state index in [-0.39, 0.29) is 0 Å². The summed E-state index contributed by atoms with van der Waals surface area (Å²) >= 11 is 0. The predicted molar refractivity (Wildman–Crippen MR) is 98.9 cm³/mol. The number of hydrogen-bond donors (Lipinski definition) is 0. The van der Waals surface area contributed by atoms with Gasteiger partial charge in [0.2, 0.25) is 0 Å². The van der Waals surface area contributed by atoms with Crippen molar-refractivity contribution in [3.8, 4) is 11.5 Å². The van der Waals surface area contributed by atoms with E-state index in [9.17, 15) is 0 Å². The van der Waals surface area contributed by atoms with Gasteiger partial charge in [0.15, 0.2) is 0 Å². The molecule has 6 nitrogen and oxygen atoms in total. The maximum absolute atomic E-state index is 5.83. The largest absolute Gasteiger partial charge is 0.491 e. The summed E-state index contributed by atoms with van der Waals surface area (Å²) in [5, 5.41) is 3.57. The van der Waals surface area contributed by atoms with Crippen LogP contribution in [0.5, 0.6) is 11.5 Å². The summed E-state index contributed by atoms with van der Waals surface area (Å²) in [5.74, 6) is 1.74. The Morgan fingerprint density at radius 2 is 1.60 bits per heavy atom. The van der Waals surface area contributed by atoms with Crippen LogP contribution in [-0.2, 0) is 14.3 Å². The van der Waals surface area contributed by atoms with Crippen LogP contribution in [0.15, 0.2) is 29.4 Å². The van der Waals surface area contributed by atoms with Gasteiger partial charge < -0.3 is 23.8 Å². The molecule has 0 fully saturated rings. The highest BCUT2D eigenvalue weighted by atomic mass is 16.6. The zero-order chi connectivity index (χ0) is 18.3. The van der Waals surface area contributed by atoms with Crippen LogP contribution >= 0.6 is 0 Å². The van der Waals surface area contributed by atoms with Crippen molar-refractivity contribution in [3.05, 3.63) is 35.4 Å². The third-order valence-electron chi connectivity index (χ3n) is 3.23. The molecule has 0 aliphatic rings. The zero-order valence-corrected chi connectivity index (χ0v) is 15.6. The van der Waals surface area contributed by atoms with E-state index in [0.717, 1.165) is 22.6 Å². The smallest absolute Gasteiger partial charge is 0.125 e. The summed E-state index contributed by atoms with van der Waals surface area (Å²) in [4.78, 5) is 4.53. The van der Waals surface area contributed by atoms with Crippen LogP contribution in [0.4, 0.5) is 0 Å². The van der Waals surface area contributed by atoms with E-state index in [1.165, 1.54) is 7.11 Å². The quantitative estimate of drug-likeness (QED) is 0.236. The third-order valence-corrected chi connectivity index (χ3v) is 3.23. The van der Waals surface area contributed by atoms with Crippen molar-refractivity contribution < 1.29 is 23.8 Å². The predicted octanol–water partition coefficient (Wildman–Crippen LogP) is 3.30. The molecule has 0 aromatic heterocycles. The number of allylic oxidation sites excluding steroid dienone is 1. The van der Waals surface area contributed by atoms with Crippen LogP contribution in [0, 0.1) is 13.8 Å². The molecule has 0 radical (unpaired) electrons. The first-order chi connectivity index (χ1) is 12.2. The van der Waals surface area contributed by atoms with Crippen molar-refractivity contribution >= 4 is 6.21 Å². The number of benzene rings is 1. The molecule has 0 N–H and O–H groups in total. The zero-order valence-electron chi connectivity index (χ0n) is 15.6.